The van der Waals surface area contributed by atoms with Gasteiger partial charge in [-0.1, -0.05) is 41.6 Å². The van der Waals surface area contributed by atoms with Crippen LogP contribution in [-0.2, 0) is 11.3 Å². The quantitative estimate of drug-likeness (QED) is 0.771. The summed E-state index contributed by atoms with van der Waals surface area (Å²) in [4.78, 5) is 11.2. The molecule has 2 aromatic carbocycles. The van der Waals surface area contributed by atoms with Gasteiger partial charge in [0.2, 0.25) is 0 Å². The van der Waals surface area contributed by atoms with E-state index in [1.54, 1.807) is 24.3 Å². The van der Waals surface area contributed by atoms with Crippen LogP contribution in [0.25, 0.3) is 0 Å². The predicted octanol–water partition coefficient (Wildman–Crippen LogP) is 2.79. The molecule has 0 spiro atoms. The number of rotatable bonds is 5. The maximum absolute atomic E-state index is 13.8. The van der Waals surface area contributed by atoms with E-state index in [1.807, 2.05) is 6.07 Å². The molecule has 8 heteroatoms. The number of primary amides is 1. The van der Waals surface area contributed by atoms with Gasteiger partial charge in [-0.25, -0.2) is 18.3 Å². The molecule has 2 N–H and O–H groups in total. The molecular weight excluding hydrogens is 330 g/mol. The summed E-state index contributed by atoms with van der Waals surface area (Å²) in [6.07, 6.45) is -0.381. The Morgan fingerprint density at radius 2 is 1.80 bits per heavy atom. The third-order valence-corrected chi connectivity index (χ3v) is 3.54. The van der Waals surface area contributed by atoms with Crippen molar-refractivity contribution < 1.29 is 18.3 Å². The van der Waals surface area contributed by atoms with Crippen molar-refractivity contribution in [1.82, 2.24) is 15.0 Å². The van der Waals surface area contributed by atoms with Gasteiger partial charge in [-0.05, 0) is 17.7 Å². The van der Waals surface area contributed by atoms with Crippen molar-refractivity contribution in [3.05, 3.63) is 83.2 Å². The molecule has 0 radical (unpaired) electrons. The highest BCUT2D eigenvalue weighted by Gasteiger charge is 2.21. The average Bonchev–Trinajstić information content (AvgIpc) is 3.05. The number of nitrogens with two attached hydrogens (primary N) is 1. The van der Waals surface area contributed by atoms with Gasteiger partial charge >= 0.3 is 6.09 Å². The number of hydrogen-bond donors (Lipinski definition) is 1. The third-order valence-electron chi connectivity index (χ3n) is 3.54. The third kappa shape index (κ3) is 3.79. The van der Waals surface area contributed by atoms with Crippen LogP contribution >= 0.6 is 0 Å². The van der Waals surface area contributed by atoms with Crippen LogP contribution in [0.5, 0.6) is 0 Å². The van der Waals surface area contributed by atoms with Crippen LogP contribution in [0.4, 0.5) is 13.6 Å². The fourth-order valence-electron chi connectivity index (χ4n) is 2.40. The highest BCUT2D eigenvalue weighted by molar-refractivity contribution is 5.65. The Hall–Kier alpha value is -3.29. The largest absolute Gasteiger partial charge is 0.435 e. The number of halogens is 2. The summed E-state index contributed by atoms with van der Waals surface area (Å²) in [7, 11) is 0. The summed E-state index contributed by atoms with van der Waals surface area (Å²) >= 11 is 0. The fourth-order valence-corrected chi connectivity index (χ4v) is 2.40. The van der Waals surface area contributed by atoms with Crippen molar-refractivity contribution in [2.45, 2.75) is 12.6 Å². The molecular formula is C17H14F2N4O2. The Bertz CT molecular complexity index is 863. The van der Waals surface area contributed by atoms with Gasteiger partial charge in [0.15, 0.2) is 6.10 Å². The lowest BCUT2D eigenvalue weighted by Gasteiger charge is -2.14. The van der Waals surface area contributed by atoms with Gasteiger partial charge in [0.1, 0.15) is 17.3 Å². The number of benzene rings is 2. The molecule has 6 nitrogen and oxygen atoms in total. The van der Waals surface area contributed by atoms with Gasteiger partial charge in [-0.15, -0.1) is 5.10 Å². The van der Waals surface area contributed by atoms with Crippen LogP contribution in [0, 0.1) is 11.6 Å². The Morgan fingerprint density at radius 3 is 2.44 bits per heavy atom. The molecule has 1 amide bonds. The van der Waals surface area contributed by atoms with E-state index in [4.69, 9.17) is 10.5 Å². The Morgan fingerprint density at radius 1 is 1.12 bits per heavy atom. The number of amides is 1. The van der Waals surface area contributed by atoms with Crippen molar-refractivity contribution >= 4 is 6.09 Å². The summed E-state index contributed by atoms with van der Waals surface area (Å²) in [6, 6.07) is 12.4. The average molecular weight is 344 g/mol. The van der Waals surface area contributed by atoms with Crippen LogP contribution in [0.2, 0.25) is 0 Å². The minimum atomic E-state index is -0.969. The highest BCUT2D eigenvalue weighted by Crippen LogP contribution is 2.24. The second kappa shape index (κ2) is 7.08. The minimum Gasteiger partial charge on any atom is -0.435 e. The van der Waals surface area contributed by atoms with E-state index in [0.717, 1.165) is 0 Å². The van der Waals surface area contributed by atoms with E-state index in [0.29, 0.717) is 11.3 Å². The normalized spacial score (nSPS) is 11.9. The van der Waals surface area contributed by atoms with Gasteiger partial charge in [-0.3, -0.25) is 0 Å². The van der Waals surface area contributed by atoms with Crippen molar-refractivity contribution in [3.63, 3.8) is 0 Å². The predicted molar refractivity (Wildman–Crippen MR) is 84.4 cm³/mol. The van der Waals surface area contributed by atoms with Gasteiger partial charge in [0.25, 0.3) is 0 Å². The molecule has 25 heavy (non-hydrogen) atoms. The Labute approximate surface area is 141 Å². The van der Waals surface area contributed by atoms with Crippen molar-refractivity contribution in [2.24, 2.45) is 5.73 Å². The van der Waals surface area contributed by atoms with Crippen LogP contribution in [0.15, 0.2) is 54.7 Å². The number of ether oxygens (including phenoxy) is 1. The molecule has 0 fully saturated rings. The van der Waals surface area contributed by atoms with Crippen LogP contribution < -0.4 is 5.73 Å². The molecule has 3 aromatic rings. The molecule has 128 valence electrons. The van der Waals surface area contributed by atoms with Gasteiger partial charge in [0, 0.05) is 5.56 Å². The molecule has 1 heterocycles. The van der Waals surface area contributed by atoms with Crippen molar-refractivity contribution in [1.29, 1.82) is 0 Å². The highest BCUT2D eigenvalue weighted by atomic mass is 19.1. The molecule has 1 unspecified atom stereocenters. The Kier molecular flexibility index (Phi) is 4.69. The van der Waals surface area contributed by atoms with E-state index in [-0.39, 0.29) is 12.1 Å². The zero-order valence-electron chi connectivity index (χ0n) is 13.0. The maximum Gasteiger partial charge on any atom is 0.405 e. The first-order valence-corrected chi connectivity index (χ1v) is 7.38. The number of hydrogen-bond acceptors (Lipinski definition) is 4. The summed E-state index contributed by atoms with van der Waals surface area (Å²) in [6.45, 7) is -0.149. The summed E-state index contributed by atoms with van der Waals surface area (Å²) < 4.78 is 33.9. The van der Waals surface area contributed by atoms with E-state index in [1.165, 1.54) is 29.1 Å². The number of aromatic nitrogens is 3. The number of carbonyl (C=O) groups excluding carboxylic acids is 1. The van der Waals surface area contributed by atoms with Crippen molar-refractivity contribution in [2.75, 3.05) is 0 Å². The van der Waals surface area contributed by atoms with Crippen molar-refractivity contribution in [3.8, 4) is 0 Å². The second-order valence-electron chi connectivity index (χ2n) is 5.27. The van der Waals surface area contributed by atoms with Gasteiger partial charge < -0.3 is 10.5 Å². The van der Waals surface area contributed by atoms with E-state index < -0.39 is 23.8 Å². The lowest BCUT2D eigenvalue weighted by molar-refractivity contribution is 0.124. The maximum atomic E-state index is 13.8. The molecule has 1 atom stereocenters. The molecule has 0 bridgehead atoms. The van der Waals surface area contributed by atoms with Crippen LogP contribution in [-0.4, -0.2) is 21.1 Å². The number of nitrogens with zero attached hydrogens (tertiary/aromatic N) is 3. The summed E-state index contributed by atoms with van der Waals surface area (Å²) in [5.74, 6) is -1.35. The van der Waals surface area contributed by atoms with Gasteiger partial charge in [-0.2, -0.15) is 0 Å². The zero-order chi connectivity index (χ0) is 17.8. The molecule has 0 aliphatic heterocycles. The zero-order valence-corrected chi connectivity index (χ0v) is 13.0. The van der Waals surface area contributed by atoms with E-state index in [2.05, 4.69) is 10.3 Å². The fraction of sp³-hybridized carbons (Fsp3) is 0.118. The molecule has 0 saturated heterocycles. The first kappa shape index (κ1) is 16.6. The molecule has 3 rings (SSSR count). The van der Waals surface area contributed by atoms with Gasteiger partial charge in [0.05, 0.1) is 12.7 Å². The van der Waals surface area contributed by atoms with E-state index >= 15 is 0 Å². The first-order chi connectivity index (χ1) is 12.0. The van der Waals surface area contributed by atoms with E-state index in [9.17, 15) is 13.6 Å². The minimum absolute atomic E-state index is 0.133. The standard InChI is InChI=1S/C17H14F2N4O2/c18-13-7-4-8-14(19)12(13)9-23-10-15(21-22-23)16(25-17(20)24)11-5-2-1-3-6-11/h1-8,10,16H,9H2,(H2,20,24). The Balaban J connectivity index is 1.89. The molecule has 0 aliphatic rings. The lowest BCUT2D eigenvalue weighted by Crippen LogP contribution is -2.18. The monoisotopic (exact) mass is 344 g/mol. The molecule has 0 aliphatic carbocycles. The first-order valence-electron chi connectivity index (χ1n) is 7.38. The second-order valence-corrected chi connectivity index (χ2v) is 5.27. The lowest BCUT2D eigenvalue weighted by atomic mass is 10.1. The molecule has 1 aromatic heterocycles. The summed E-state index contributed by atoms with van der Waals surface area (Å²) in [5.41, 5.74) is 5.93. The van der Waals surface area contributed by atoms with Crippen LogP contribution in [0.1, 0.15) is 22.9 Å². The smallest absolute Gasteiger partial charge is 0.405 e. The molecule has 0 saturated carbocycles. The number of carbonyl (C=O) groups is 1. The SMILES string of the molecule is NC(=O)OC(c1ccccc1)c1cn(Cc2c(F)cccc2F)nn1. The summed E-state index contributed by atoms with van der Waals surface area (Å²) in [5, 5.41) is 7.79. The topological polar surface area (TPSA) is 83.0 Å². The van der Waals surface area contributed by atoms with Crippen LogP contribution in [0.3, 0.4) is 0 Å².